The van der Waals surface area contributed by atoms with E-state index in [0.717, 1.165) is 6.42 Å². The first-order valence-electron chi connectivity index (χ1n) is 4.99. The van der Waals surface area contributed by atoms with Crippen molar-refractivity contribution >= 4 is 11.9 Å². The third kappa shape index (κ3) is 6.06. The minimum Gasteiger partial charge on any atom is -0.480 e. The molecule has 0 spiro atoms. The van der Waals surface area contributed by atoms with Crippen LogP contribution in [0.5, 0.6) is 0 Å². The van der Waals surface area contributed by atoms with Crippen molar-refractivity contribution in [3.63, 3.8) is 0 Å². The number of carbonyl (C=O) groups is 2. The number of esters is 1. The maximum atomic E-state index is 11.3. The molecule has 0 heterocycles. The third-order valence-electron chi connectivity index (χ3n) is 1.95. The predicted octanol–water partition coefficient (Wildman–Crippen LogP) is 0.624. The lowest BCUT2D eigenvalue weighted by Gasteiger charge is -2.14. The predicted molar refractivity (Wildman–Crippen MR) is 55.2 cm³/mol. The standard InChI is InChI=1S/C10H19NO4/c1-6(2)4-7(3)10(14)15-5-8(11)9(12)13/h6-8H,4-5,11H2,1-3H3,(H,12,13). The van der Waals surface area contributed by atoms with Gasteiger partial charge in [0.15, 0.2) is 0 Å². The Hall–Kier alpha value is -1.10. The van der Waals surface area contributed by atoms with E-state index >= 15 is 0 Å². The molecule has 0 bridgehead atoms. The summed E-state index contributed by atoms with van der Waals surface area (Å²) in [5.74, 6) is -1.37. The Morgan fingerprint density at radius 2 is 1.87 bits per heavy atom. The van der Waals surface area contributed by atoms with Crippen LogP contribution < -0.4 is 5.73 Å². The van der Waals surface area contributed by atoms with Crippen molar-refractivity contribution in [3.05, 3.63) is 0 Å². The van der Waals surface area contributed by atoms with Crippen molar-refractivity contribution in [2.75, 3.05) is 6.61 Å². The van der Waals surface area contributed by atoms with Crippen molar-refractivity contribution in [2.24, 2.45) is 17.6 Å². The van der Waals surface area contributed by atoms with Crippen LogP contribution in [0.25, 0.3) is 0 Å². The lowest BCUT2D eigenvalue weighted by atomic mass is 9.99. The van der Waals surface area contributed by atoms with Gasteiger partial charge in [-0.3, -0.25) is 9.59 Å². The number of hydrogen-bond acceptors (Lipinski definition) is 4. The third-order valence-corrected chi connectivity index (χ3v) is 1.95. The number of hydrogen-bond donors (Lipinski definition) is 2. The Morgan fingerprint density at radius 1 is 1.33 bits per heavy atom. The van der Waals surface area contributed by atoms with Crippen molar-refractivity contribution in [1.29, 1.82) is 0 Å². The average Bonchev–Trinajstić information content (AvgIpc) is 2.12. The number of nitrogens with two attached hydrogens (primary N) is 1. The monoisotopic (exact) mass is 217 g/mol. The van der Waals surface area contributed by atoms with Gasteiger partial charge < -0.3 is 15.6 Å². The second-order valence-corrected chi connectivity index (χ2v) is 4.11. The van der Waals surface area contributed by atoms with Crippen molar-refractivity contribution in [1.82, 2.24) is 0 Å². The fourth-order valence-corrected chi connectivity index (χ4v) is 1.19. The second kappa shape index (κ2) is 6.40. The van der Waals surface area contributed by atoms with E-state index in [1.807, 2.05) is 13.8 Å². The average molecular weight is 217 g/mol. The lowest BCUT2D eigenvalue weighted by Crippen LogP contribution is -2.36. The Bertz CT molecular complexity index is 227. The molecule has 5 heteroatoms. The Labute approximate surface area is 89.6 Å². The molecule has 88 valence electrons. The van der Waals surface area contributed by atoms with E-state index in [0.29, 0.717) is 5.92 Å². The highest BCUT2D eigenvalue weighted by Gasteiger charge is 2.19. The van der Waals surface area contributed by atoms with Gasteiger partial charge in [0.1, 0.15) is 12.6 Å². The van der Waals surface area contributed by atoms with Gasteiger partial charge in [0.25, 0.3) is 0 Å². The van der Waals surface area contributed by atoms with Gasteiger partial charge in [-0.2, -0.15) is 0 Å². The van der Waals surface area contributed by atoms with E-state index in [2.05, 4.69) is 0 Å². The Balaban J connectivity index is 3.88. The maximum absolute atomic E-state index is 11.3. The topological polar surface area (TPSA) is 89.6 Å². The van der Waals surface area contributed by atoms with Crippen LogP contribution in [-0.2, 0) is 14.3 Å². The van der Waals surface area contributed by atoms with Gasteiger partial charge in [-0.1, -0.05) is 20.8 Å². The van der Waals surface area contributed by atoms with E-state index in [1.165, 1.54) is 0 Å². The number of carboxylic acids is 1. The van der Waals surface area contributed by atoms with Gasteiger partial charge in [-0.05, 0) is 12.3 Å². The summed E-state index contributed by atoms with van der Waals surface area (Å²) in [6, 6.07) is -1.14. The van der Waals surface area contributed by atoms with E-state index in [1.54, 1.807) is 6.92 Å². The van der Waals surface area contributed by atoms with Gasteiger partial charge in [0.05, 0.1) is 5.92 Å². The zero-order valence-electron chi connectivity index (χ0n) is 9.40. The van der Waals surface area contributed by atoms with Gasteiger partial charge in [-0.25, -0.2) is 0 Å². The zero-order valence-corrected chi connectivity index (χ0v) is 9.40. The molecular formula is C10H19NO4. The quantitative estimate of drug-likeness (QED) is 0.637. The number of carbonyl (C=O) groups excluding carboxylic acids is 1. The minimum atomic E-state index is -1.17. The van der Waals surface area contributed by atoms with Crippen LogP contribution in [0.15, 0.2) is 0 Å². The van der Waals surface area contributed by atoms with Crippen LogP contribution >= 0.6 is 0 Å². The first-order valence-corrected chi connectivity index (χ1v) is 4.99. The molecule has 2 unspecified atom stereocenters. The molecule has 0 rings (SSSR count). The highest BCUT2D eigenvalue weighted by molar-refractivity contribution is 5.75. The van der Waals surface area contributed by atoms with E-state index < -0.39 is 12.0 Å². The van der Waals surface area contributed by atoms with Crippen LogP contribution in [0.3, 0.4) is 0 Å². The molecule has 0 aliphatic heterocycles. The summed E-state index contributed by atoms with van der Waals surface area (Å²) in [5.41, 5.74) is 5.19. The first-order chi connectivity index (χ1) is 6.84. The normalized spacial score (nSPS) is 14.7. The molecule has 0 amide bonds. The summed E-state index contributed by atoms with van der Waals surface area (Å²) in [6.07, 6.45) is 0.723. The number of rotatable bonds is 6. The summed E-state index contributed by atoms with van der Waals surface area (Å²) in [4.78, 5) is 21.7. The SMILES string of the molecule is CC(C)CC(C)C(=O)OCC(N)C(=O)O. The largest absolute Gasteiger partial charge is 0.480 e. The lowest BCUT2D eigenvalue weighted by molar-refractivity contribution is -0.151. The number of aliphatic carboxylic acids is 1. The molecule has 5 nitrogen and oxygen atoms in total. The second-order valence-electron chi connectivity index (χ2n) is 4.11. The molecular weight excluding hydrogens is 198 g/mol. The van der Waals surface area contributed by atoms with Crippen LogP contribution in [0.2, 0.25) is 0 Å². The smallest absolute Gasteiger partial charge is 0.324 e. The zero-order chi connectivity index (χ0) is 12.0. The summed E-state index contributed by atoms with van der Waals surface area (Å²) in [7, 11) is 0. The van der Waals surface area contributed by atoms with E-state index in [9.17, 15) is 9.59 Å². The summed E-state index contributed by atoms with van der Waals surface area (Å²) in [6.45, 7) is 5.50. The Kier molecular flexibility index (Phi) is 5.93. The molecule has 0 aliphatic rings. The molecule has 0 saturated carbocycles. The minimum absolute atomic E-state index is 0.217. The fraction of sp³-hybridized carbons (Fsp3) is 0.800. The van der Waals surface area contributed by atoms with Crippen LogP contribution in [0, 0.1) is 11.8 Å². The molecule has 15 heavy (non-hydrogen) atoms. The molecule has 0 aromatic heterocycles. The Morgan fingerprint density at radius 3 is 2.27 bits per heavy atom. The van der Waals surface area contributed by atoms with Gasteiger partial charge in [-0.15, -0.1) is 0 Å². The number of carboxylic acid groups (broad SMARTS) is 1. The van der Waals surface area contributed by atoms with E-state index in [-0.39, 0.29) is 18.5 Å². The van der Waals surface area contributed by atoms with Crippen molar-refractivity contribution in [2.45, 2.75) is 33.2 Å². The van der Waals surface area contributed by atoms with Crippen LogP contribution in [0.4, 0.5) is 0 Å². The number of ether oxygens (including phenoxy) is 1. The molecule has 3 N–H and O–H groups in total. The summed E-state index contributed by atoms with van der Waals surface area (Å²) in [5, 5.41) is 8.46. The van der Waals surface area contributed by atoms with Crippen LogP contribution in [-0.4, -0.2) is 29.7 Å². The van der Waals surface area contributed by atoms with Crippen molar-refractivity contribution < 1.29 is 19.4 Å². The molecule has 0 saturated heterocycles. The maximum Gasteiger partial charge on any atom is 0.324 e. The summed E-state index contributed by atoms with van der Waals surface area (Å²) >= 11 is 0. The van der Waals surface area contributed by atoms with Gasteiger partial charge in [0.2, 0.25) is 0 Å². The highest BCUT2D eigenvalue weighted by Crippen LogP contribution is 2.12. The molecule has 0 aromatic carbocycles. The van der Waals surface area contributed by atoms with Gasteiger partial charge in [0, 0.05) is 0 Å². The molecule has 0 radical (unpaired) electrons. The molecule has 0 fully saturated rings. The molecule has 2 atom stereocenters. The van der Waals surface area contributed by atoms with Gasteiger partial charge >= 0.3 is 11.9 Å². The fourth-order valence-electron chi connectivity index (χ4n) is 1.19. The highest BCUT2D eigenvalue weighted by atomic mass is 16.5. The summed E-state index contributed by atoms with van der Waals surface area (Å²) < 4.78 is 4.78. The van der Waals surface area contributed by atoms with E-state index in [4.69, 9.17) is 15.6 Å². The molecule has 0 aromatic rings. The molecule has 0 aliphatic carbocycles. The first kappa shape index (κ1) is 13.9. The van der Waals surface area contributed by atoms with Crippen LogP contribution in [0.1, 0.15) is 27.2 Å². The van der Waals surface area contributed by atoms with Crippen molar-refractivity contribution in [3.8, 4) is 0 Å².